The van der Waals surface area contributed by atoms with Crippen molar-refractivity contribution in [1.82, 2.24) is 15.2 Å². The van der Waals surface area contributed by atoms with Crippen LogP contribution in [-0.4, -0.2) is 46.7 Å². The number of amides is 2. The summed E-state index contributed by atoms with van der Waals surface area (Å²) in [5.74, 6) is -1.41. The first-order valence-corrected chi connectivity index (χ1v) is 14.9. The van der Waals surface area contributed by atoms with E-state index in [1.165, 1.54) is 17.2 Å². The van der Waals surface area contributed by atoms with Crippen LogP contribution >= 0.6 is 23.2 Å². The van der Waals surface area contributed by atoms with Gasteiger partial charge in [0.05, 0.1) is 39.6 Å². The normalized spacial score (nSPS) is 22.2. The van der Waals surface area contributed by atoms with Gasteiger partial charge in [-0.15, -0.1) is 0 Å². The predicted octanol–water partition coefficient (Wildman–Crippen LogP) is 5.18. The van der Waals surface area contributed by atoms with Crippen LogP contribution in [-0.2, 0) is 31.1 Å². The Morgan fingerprint density at radius 1 is 1.07 bits per heavy atom. The van der Waals surface area contributed by atoms with Gasteiger partial charge in [0.25, 0.3) is 5.91 Å². The van der Waals surface area contributed by atoms with Crippen molar-refractivity contribution in [1.29, 1.82) is 0 Å². The van der Waals surface area contributed by atoms with E-state index in [1.807, 2.05) is 27.7 Å². The van der Waals surface area contributed by atoms with Crippen molar-refractivity contribution in [3.05, 3.63) is 93.0 Å². The molecule has 224 valence electrons. The Hall–Kier alpha value is -3.02. The number of nitrogens with zero attached hydrogens (tertiary/aromatic N) is 2. The summed E-state index contributed by atoms with van der Waals surface area (Å²) in [6.07, 6.45) is 3.09. The van der Waals surface area contributed by atoms with Gasteiger partial charge in [0.15, 0.2) is 0 Å². The predicted molar refractivity (Wildman–Crippen MR) is 160 cm³/mol. The maximum atomic E-state index is 16.6. The van der Waals surface area contributed by atoms with Crippen molar-refractivity contribution >= 4 is 47.6 Å². The summed E-state index contributed by atoms with van der Waals surface area (Å²) in [7, 11) is -0.895. The molecule has 1 unspecified atom stereocenters. The second-order valence-corrected chi connectivity index (χ2v) is 13.0. The van der Waals surface area contributed by atoms with Crippen LogP contribution in [0.15, 0.2) is 54.7 Å². The monoisotopic (exact) mass is 625 g/mol. The fraction of sp³-hybridized carbons (Fsp3) is 0.387. The van der Waals surface area contributed by atoms with E-state index in [1.54, 1.807) is 42.5 Å². The Bertz CT molecular complexity index is 1570. The molecule has 12 heteroatoms. The molecule has 6 rings (SSSR count). The summed E-state index contributed by atoms with van der Waals surface area (Å²) in [6, 6.07) is 12.9. The molecule has 2 amide bonds. The largest absolute Gasteiger partial charge is 0.494 e. The summed E-state index contributed by atoms with van der Waals surface area (Å²) in [5, 5.41) is 3.67. The minimum absolute atomic E-state index is 0.00900. The summed E-state index contributed by atoms with van der Waals surface area (Å²) >= 11 is 12.3. The SMILES string of the molecule is CC1(C)OB(c2cc(F)c3c(c2)C(=O)N(Cc2ccc(Cl)cn2)C3(OCNC(=O)C2CC2)c2ccc(Cl)cc2)OC1(C)C. The number of hydrogen-bond acceptors (Lipinski definition) is 6. The quantitative estimate of drug-likeness (QED) is 0.274. The number of rotatable bonds is 8. The molecule has 1 aliphatic carbocycles. The molecule has 2 aliphatic heterocycles. The molecule has 1 N–H and O–H groups in total. The van der Waals surface area contributed by atoms with Gasteiger partial charge in [-0.3, -0.25) is 19.5 Å². The molecule has 1 saturated heterocycles. The number of aromatic nitrogens is 1. The minimum atomic E-state index is -1.77. The first-order valence-electron chi connectivity index (χ1n) is 14.1. The van der Waals surface area contributed by atoms with Crippen molar-refractivity contribution in [3.63, 3.8) is 0 Å². The number of carbonyl (C=O) groups excluding carboxylic acids is 2. The fourth-order valence-corrected chi connectivity index (χ4v) is 5.67. The number of hydrogen-bond donors (Lipinski definition) is 1. The molecule has 43 heavy (non-hydrogen) atoms. The zero-order valence-corrected chi connectivity index (χ0v) is 25.8. The Morgan fingerprint density at radius 2 is 1.72 bits per heavy atom. The average molecular weight is 626 g/mol. The van der Waals surface area contributed by atoms with Crippen LogP contribution in [0.3, 0.4) is 0 Å². The van der Waals surface area contributed by atoms with Crippen molar-refractivity contribution in [2.75, 3.05) is 6.73 Å². The van der Waals surface area contributed by atoms with E-state index in [4.69, 9.17) is 37.2 Å². The molecule has 1 atom stereocenters. The van der Waals surface area contributed by atoms with E-state index in [0.717, 1.165) is 12.8 Å². The first-order chi connectivity index (χ1) is 20.3. The van der Waals surface area contributed by atoms with E-state index < -0.39 is 35.8 Å². The van der Waals surface area contributed by atoms with E-state index in [0.29, 0.717) is 26.8 Å². The third kappa shape index (κ3) is 5.33. The molecule has 1 saturated carbocycles. The molecule has 2 aromatic carbocycles. The zero-order valence-electron chi connectivity index (χ0n) is 24.2. The minimum Gasteiger partial charge on any atom is -0.399 e. The standard InChI is InChI=1S/C31H31BCl2FN3O5/c1-29(2)30(3,4)43-32(42-29)20-13-24-26(25(35)14-20)31(19-7-9-21(33)10-8-19,41-17-37-27(39)18-5-6-18)38(28(24)40)16-23-12-11-22(34)15-36-23/h7-15,18H,5-6,16-17H2,1-4H3,(H,37,39). The number of carbonyl (C=O) groups is 2. The number of fused-ring (bicyclic) bond motifs is 1. The number of benzene rings is 2. The van der Waals surface area contributed by atoms with Crippen LogP contribution in [0.1, 0.15) is 67.7 Å². The van der Waals surface area contributed by atoms with Gasteiger partial charge in [0.2, 0.25) is 11.6 Å². The van der Waals surface area contributed by atoms with Gasteiger partial charge < -0.3 is 19.4 Å². The Morgan fingerprint density at radius 3 is 2.33 bits per heavy atom. The van der Waals surface area contributed by atoms with Gasteiger partial charge in [0.1, 0.15) is 12.5 Å². The molecule has 1 aromatic heterocycles. The van der Waals surface area contributed by atoms with Gasteiger partial charge in [0, 0.05) is 22.7 Å². The Kier molecular flexibility index (Phi) is 7.58. The summed E-state index contributed by atoms with van der Waals surface area (Å²) < 4.78 is 35.4. The molecular weight excluding hydrogens is 595 g/mol. The van der Waals surface area contributed by atoms with Crippen LogP contribution in [0.5, 0.6) is 0 Å². The topological polar surface area (TPSA) is 90.0 Å². The van der Waals surface area contributed by atoms with Crippen LogP contribution in [0.25, 0.3) is 0 Å². The maximum Gasteiger partial charge on any atom is 0.494 e. The smallest absolute Gasteiger partial charge is 0.399 e. The number of nitrogens with one attached hydrogen (secondary N) is 1. The highest BCUT2D eigenvalue weighted by Gasteiger charge is 2.56. The highest BCUT2D eigenvalue weighted by molar-refractivity contribution is 6.62. The van der Waals surface area contributed by atoms with E-state index >= 15 is 4.39 Å². The maximum absolute atomic E-state index is 16.6. The van der Waals surface area contributed by atoms with Crippen molar-refractivity contribution in [2.45, 2.75) is 64.0 Å². The highest BCUT2D eigenvalue weighted by atomic mass is 35.5. The van der Waals surface area contributed by atoms with E-state index in [-0.39, 0.29) is 36.2 Å². The lowest BCUT2D eigenvalue weighted by Crippen LogP contribution is -2.49. The fourth-order valence-electron chi connectivity index (χ4n) is 5.44. The van der Waals surface area contributed by atoms with Crippen LogP contribution in [0.2, 0.25) is 10.0 Å². The van der Waals surface area contributed by atoms with E-state index in [2.05, 4.69) is 10.3 Å². The second kappa shape index (κ2) is 10.9. The second-order valence-electron chi connectivity index (χ2n) is 12.1. The van der Waals surface area contributed by atoms with Gasteiger partial charge >= 0.3 is 7.12 Å². The van der Waals surface area contributed by atoms with E-state index in [9.17, 15) is 9.59 Å². The molecular formula is C31H31BCl2FN3O5. The molecule has 3 heterocycles. The average Bonchev–Trinajstić information content (AvgIpc) is 3.74. The van der Waals surface area contributed by atoms with Gasteiger partial charge in [-0.05, 0) is 82.4 Å². The number of ether oxygens (including phenoxy) is 1. The lowest BCUT2D eigenvalue weighted by Gasteiger charge is -2.39. The summed E-state index contributed by atoms with van der Waals surface area (Å²) in [6.45, 7) is 7.29. The van der Waals surface area contributed by atoms with Crippen molar-refractivity contribution in [2.24, 2.45) is 5.92 Å². The van der Waals surface area contributed by atoms with Gasteiger partial charge in [-0.2, -0.15) is 0 Å². The third-order valence-corrected chi connectivity index (χ3v) is 9.13. The molecule has 8 nitrogen and oxygen atoms in total. The van der Waals surface area contributed by atoms with Crippen LogP contribution in [0, 0.1) is 11.7 Å². The first kappa shape index (κ1) is 30.0. The van der Waals surface area contributed by atoms with Crippen molar-refractivity contribution in [3.8, 4) is 0 Å². The van der Waals surface area contributed by atoms with Gasteiger partial charge in [-0.25, -0.2) is 4.39 Å². The zero-order chi connectivity index (χ0) is 30.7. The molecule has 3 aromatic rings. The lowest BCUT2D eigenvalue weighted by atomic mass is 9.77. The number of pyridine rings is 1. The van der Waals surface area contributed by atoms with Crippen LogP contribution < -0.4 is 10.8 Å². The molecule has 0 bridgehead atoms. The number of halogens is 3. The summed E-state index contributed by atoms with van der Waals surface area (Å²) in [4.78, 5) is 32.7. The Balaban J connectivity index is 1.49. The Labute approximate surface area is 259 Å². The molecule has 2 fully saturated rings. The highest BCUT2D eigenvalue weighted by Crippen LogP contribution is 2.47. The van der Waals surface area contributed by atoms with Crippen LogP contribution in [0.4, 0.5) is 4.39 Å². The van der Waals surface area contributed by atoms with Crippen molar-refractivity contribution < 1.29 is 28.0 Å². The van der Waals surface area contributed by atoms with Gasteiger partial charge in [-0.1, -0.05) is 35.3 Å². The molecule has 0 radical (unpaired) electrons. The summed E-state index contributed by atoms with van der Waals surface area (Å²) in [5.41, 5.74) is -1.70. The molecule has 3 aliphatic rings. The molecule has 0 spiro atoms. The lowest BCUT2D eigenvalue weighted by molar-refractivity contribution is -0.137. The third-order valence-electron chi connectivity index (χ3n) is 8.65.